The maximum Gasteiger partial charge on any atom is 1.00 e. The maximum atomic E-state index is 12.4. The molecule has 330 valence electrons. The van der Waals surface area contributed by atoms with E-state index in [9.17, 15) is 30.0 Å². The number of sulfonamides is 1. The molecule has 0 aromatic carbocycles. The molecule has 0 N–H and O–H groups in total. The number of ether oxygens (including phenoxy) is 3. The molecule has 0 aliphatic carbocycles. The Bertz CT molecular complexity index is 1110. The van der Waals surface area contributed by atoms with E-state index in [-0.39, 0.29) is 80.2 Å². The van der Waals surface area contributed by atoms with Crippen LogP contribution in [0.2, 0.25) is 77.6 Å². The number of hydrogen-bond acceptors (Lipinski definition) is 12. The summed E-state index contributed by atoms with van der Waals surface area (Å²) >= 11 is 0. The molecule has 0 rings (SSSR count). The number of rotatable bonds is 25. The zero-order valence-electron chi connectivity index (χ0n) is 28.7. The van der Waals surface area contributed by atoms with E-state index in [4.69, 9.17) is 30.7 Å². The van der Waals surface area contributed by atoms with E-state index >= 15 is 0 Å². The van der Waals surface area contributed by atoms with Crippen LogP contribution in [0, 0.1) is 0 Å². The van der Waals surface area contributed by atoms with Crippen molar-refractivity contribution >= 4 is 62.6 Å². The van der Waals surface area contributed by atoms with Crippen LogP contribution in [0.25, 0.3) is 4.13 Å². The van der Waals surface area contributed by atoms with Gasteiger partial charge < -0.3 is 34.8 Å². The van der Waals surface area contributed by atoms with E-state index in [1.807, 2.05) is 30.3 Å². The summed E-state index contributed by atoms with van der Waals surface area (Å²) in [5.74, 6) is 0. The van der Waals surface area contributed by atoms with E-state index in [2.05, 4.69) is 43.5 Å². The number of nitrogens with zero attached hydrogens (tertiary/aromatic N) is 1. The first-order valence-corrected chi connectivity index (χ1v) is 31.9. The Hall–Kier alpha value is 1.15. The molecule has 0 amide bonds. The number of hydrogen-bond donors (Lipinski definition) is 0. The van der Waals surface area contributed by atoms with Crippen LogP contribution >= 0.6 is 0 Å². The van der Waals surface area contributed by atoms with Gasteiger partial charge in [0.1, 0.15) is 0 Å². The van der Waals surface area contributed by atoms with Gasteiger partial charge >= 0.3 is 53.6 Å². The summed E-state index contributed by atoms with van der Waals surface area (Å²) in [6.07, 6.45) is 1.17. The van der Waals surface area contributed by atoms with Gasteiger partial charge in [-0.2, -0.15) is 13.2 Å². The van der Waals surface area contributed by atoms with Gasteiger partial charge in [0.2, 0.25) is 10.3 Å². The molecule has 0 aliphatic rings. The van der Waals surface area contributed by atoms with Crippen LogP contribution in [0.15, 0.2) is 0 Å². The molecule has 0 heterocycles. The summed E-state index contributed by atoms with van der Waals surface area (Å²) < 4.78 is 131. The Morgan fingerprint density at radius 3 is 1.31 bits per heavy atom. The molecule has 0 aromatic heterocycles. The minimum absolute atomic E-state index is 0. The van der Waals surface area contributed by atoms with Gasteiger partial charge in [-0.05, 0) is 90.4 Å². The molecule has 0 bridgehead atoms. The zero-order chi connectivity index (χ0) is 35.4. The average molecular weight is 989 g/mol. The van der Waals surface area contributed by atoms with Crippen molar-refractivity contribution in [3.63, 3.8) is 0 Å². The molecule has 0 fully saturated rings. The summed E-state index contributed by atoms with van der Waals surface area (Å²) in [4.78, 5) is 0. The van der Waals surface area contributed by atoms with Gasteiger partial charge in [-0.15, -0.1) is 0 Å². The molecule has 13 nitrogen and oxygen atoms in total. The first-order valence-electron chi connectivity index (χ1n) is 14.4. The zero-order valence-corrected chi connectivity index (χ0v) is 36.8. The fraction of sp³-hybridized carbons (Fsp3) is 1.00. The molecule has 52 heavy (non-hydrogen) atoms. The Morgan fingerprint density at radius 1 is 0.558 bits per heavy atom. The summed E-state index contributed by atoms with van der Waals surface area (Å²) in [5.41, 5.74) is -5.86. The third kappa shape index (κ3) is 34.4. The van der Waals surface area contributed by atoms with E-state index < -0.39 is 74.8 Å². The van der Waals surface area contributed by atoms with Gasteiger partial charge in [0.05, 0.1) is 26.4 Å². The van der Waals surface area contributed by atoms with Gasteiger partial charge in [-0.25, -0.2) is 16.8 Å². The molecule has 0 aliphatic heterocycles. The molecule has 24 heteroatoms. The molecule has 0 radical (unpaired) electrons. The van der Waals surface area contributed by atoms with Crippen molar-refractivity contribution in [3.8, 4) is 0 Å². The first kappa shape index (κ1) is 70.9. The van der Waals surface area contributed by atoms with E-state index in [0.29, 0.717) is 44.8 Å². The van der Waals surface area contributed by atoms with Gasteiger partial charge in [0.15, 0.2) is 26.7 Å². The van der Waals surface area contributed by atoms with Crippen molar-refractivity contribution < 1.29 is 87.2 Å². The van der Waals surface area contributed by atoms with E-state index in [1.165, 1.54) is 0 Å². The third-order valence-corrected chi connectivity index (χ3v) is 26.0. The average Bonchev–Trinajstić information content (AvgIpc) is 2.75. The Kier molecular flexibility index (Phi) is 40.1. The summed E-state index contributed by atoms with van der Waals surface area (Å²) in [6, 6.07) is 1.17. The van der Waals surface area contributed by atoms with E-state index in [1.54, 1.807) is 7.11 Å². The number of alkyl halides is 3. The van der Waals surface area contributed by atoms with Crippen LogP contribution in [-0.2, 0) is 77.6 Å². The molecule has 0 saturated heterocycles. The van der Waals surface area contributed by atoms with Crippen LogP contribution in [0.3, 0.4) is 0 Å². The van der Waals surface area contributed by atoms with Crippen LogP contribution < -0.4 is 0 Å². The molecular formula is C28H77AgF3NO12S2Si5. The SMILES string of the molecule is C.C.C.C.C.C.COCCOCCC[Si](C)(O[Si](C)(C)O[Si](C)(C)C)O[Si](C)(CCCOCCOS(=O)(=O)[N-]S(=O)(=O)C(F)(F)F)O[Si](C)(C)C.[Ag+]. The summed E-state index contributed by atoms with van der Waals surface area (Å²) in [7, 11) is -22.3. The number of halogens is 3. The van der Waals surface area contributed by atoms with Crippen molar-refractivity contribution in [1.82, 2.24) is 0 Å². The second-order valence-corrected chi connectivity index (χ2v) is 36.1. The fourth-order valence-electron chi connectivity index (χ4n) is 4.35. The minimum atomic E-state index is -6.26. The Labute approximate surface area is 339 Å². The van der Waals surface area contributed by atoms with Crippen molar-refractivity contribution in [3.05, 3.63) is 4.13 Å². The van der Waals surface area contributed by atoms with Gasteiger partial charge in [-0.1, -0.05) is 44.6 Å². The molecule has 2 atom stereocenters. The summed E-state index contributed by atoms with van der Waals surface area (Å²) in [6.45, 7) is 21.2. The molecule has 0 saturated carbocycles. The summed E-state index contributed by atoms with van der Waals surface area (Å²) in [5, 5.41) is 0. The Morgan fingerprint density at radius 2 is 0.942 bits per heavy atom. The Balaban J connectivity index is -0.000000461. The van der Waals surface area contributed by atoms with Crippen LogP contribution in [0.5, 0.6) is 0 Å². The minimum Gasteiger partial charge on any atom is -0.437 e. The second-order valence-electron chi connectivity index (χ2n) is 13.0. The predicted octanol–water partition coefficient (Wildman–Crippen LogP) is 9.33. The smallest absolute Gasteiger partial charge is 0.437 e. The monoisotopic (exact) mass is 987 g/mol. The standard InChI is InChI=1S/C22H53F3NO12S2Si5.6CH4.Ag/c1-31-16-17-32-14-13-21-45(11,37-43(8,9)35-41(2,3)4)38-44(10,36-42(5,6)7)20-12-15-33-18-19-34-40(29,30)26-39(27,28)22(23,24)25;;;;;;;/h12-21H2,1-11H3;6*1H4;/q-1;;;;;;;+1. The second kappa shape index (κ2) is 29.4. The van der Waals surface area contributed by atoms with Gasteiger partial charge in [-0.3, -0.25) is 4.18 Å². The van der Waals surface area contributed by atoms with Crippen LogP contribution in [0.1, 0.15) is 57.4 Å². The first-order chi connectivity index (χ1) is 20.1. The van der Waals surface area contributed by atoms with Crippen molar-refractivity contribution in [1.29, 1.82) is 0 Å². The van der Waals surface area contributed by atoms with Crippen molar-refractivity contribution in [2.24, 2.45) is 0 Å². The van der Waals surface area contributed by atoms with Crippen molar-refractivity contribution in [2.75, 3.05) is 46.8 Å². The maximum absolute atomic E-state index is 12.4. The van der Waals surface area contributed by atoms with Crippen LogP contribution in [0.4, 0.5) is 13.2 Å². The normalized spacial score (nSPS) is 14.6. The fourth-order valence-corrected chi connectivity index (χ4v) is 29.8. The molecule has 0 spiro atoms. The number of methoxy groups -OCH3 is 1. The quantitative estimate of drug-likeness (QED) is 0.0632. The topological polar surface area (TPSA) is 156 Å². The molecule has 0 aromatic rings. The third-order valence-electron chi connectivity index (χ3n) is 5.18. The van der Waals surface area contributed by atoms with Crippen LogP contribution in [-0.4, -0.2) is 111 Å². The molecular weight excluding hydrogens is 912 g/mol. The van der Waals surface area contributed by atoms with Gasteiger partial charge in [0.25, 0.3) is 0 Å². The van der Waals surface area contributed by atoms with E-state index in [0.717, 1.165) is 0 Å². The van der Waals surface area contributed by atoms with Crippen molar-refractivity contribution in [2.45, 2.75) is 140 Å². The predicted molar refractivity (Wildman–Crippen MR) is 218 cm³/mol. The largest absolute Gasteiger partial charge is 1.00 e. The molecule has 2 unspecified atom stereocenters. The van der Waals surface area contributed by atoms with Gasteiger partial charge in [0, 0.05) is 20.3 Å².